The first-order valence-electron chi connectivity index (χ1n) is 9.02. The van der Waals surface area contributed by atoms with Gasteiger partial charge in [0.15, 0.2) is 17.2 Å². The van der Waals surface area contributed by atoms with Gasteiger partial charge in [-0.15, -0.1) is 0 Å². The van der Waals surface area contributed by atoms with Crippen LogP contribution in [0.3, 0.4) is 0 Å². The lowest BCUT2D eigenvalue weighted by atomic mass is 10.2. The number of hydrogen-bond acceptors (Lipinski definition) is 5. The van der Waals surface area contributed by atoms with Crippen molar-refractivity contribution in [2.24, 2.45) is 7.05 Å². The number of aryl methyl sites for hydroxylation is 1. The van der Waals surface area contributed by atoms with E-state index >= 15 is 0 Å². The molecule has 0 spiro atoms. The van der Waals surface area contributed by atoms with Gasteiger partial charge in [-0.2, -0.15) is 5.10 Å². The fraction of sp³-hybridized carbons (Fsp3) is 0.190. The van der Waals surface area contributed by atoms with Crippen molar-refractivity contribution in [1.82, 2.24) is 15.1 Å². The SMILES string of the molecule is COc1ccc(CNC(=O)c2cc(NC(=O)c3ccccc3Cl)n(C)n2)cc1OC. The quantitative estimate of drug-likeness (QED) is 0.602. The zero-order valence-electron chi connectivity index (χ0n) is 16.7. The lowest BCUT2D eigenvalue weighted by Crippen LogP contribution is -2.23. The van der Waals surface area contributed by atoms with E-state index in [0.717, 1.165) is 5.56 Å². The highest BCUT2D eigenvalue weighted by atomic mass is 35.5. The maximum Gasteiger partial charge on any atom is 0.272 e. The van der Waals surface area contributed by atoms with Crippen LogP contribution in [0.15, 0.2) is 48.5 Å². The molecule has 2 N–H and O–H groups in total. The zero-order valence-corrected chi connectivity index (χ0v) is 17.5. The first-order valence-corrected chi connectivity index (χ1v) is 9.39. The number of nitrogens with one attached hydrogen (secondary N) is 2. The third kappa shape index (κ3) is 4.72. The Bertz CT molecular complexity index is 1080. The minimum Gasteiger partial charge on any atom is -0.493 e. The number of ether oxygens (including phenoxy) is 2. The molecule has 9 heteroatoms. The Kier molecular flexibility index (Phi) is 6.58. The minimum absolute atomic E-state index is 0.174. The second-order valence-corrected chi connectivity index (χ2v) is 6.75. The molecule has 1 heterocycles. The van der Waals surface area contributed by atoms with Gasteiger partial charge in [0.2, 0.25) is 0 Å². The van der Waals surface area contributed by atoms with Crippen LogP contribution in [0.2, 0.25) is 5.02 Å². The molecule has 0 aliphatic carbocycles. The predicted octanol–water partition coefficient (Wildman–Crippen LogP) is 3.27. The summed E-state index contributed by atoms with van der Waals surface area (Å²) in [6.07, 6.45) is 0. The summed E-state index contributed by atoms with van der Waals surface area (Å²) in [7, 11) is 4.74. The number of nitrogens with zero attached hydrogens (tertiary/aromatic N) is 2. The van der Waals surface area contributed by atoms with Crippen molar-refractivity contribution in [2.75, 3.05) is 19.5 Å². The number of methoxy groups -OCH3 is 2. The molecule has 0 fully saturated rings. The summed E-state index contributed by atoms with van der Waals surface area (Å²) >= 11 is 6.06. The molecule has 0 radical (unpaired) electrons. The van der Waals surface area contributed by atoms with Crippen LogP contribution in [0.25, 0.3) is 0 Å². The van der Waals surface area contributed by atoms with Crippen molar-refractivity contribution in [3.8, 4) is 11.5 Å². The summed E-state index contributed by atoms with van der Waals surface area (Å²) < 4.78 is 11.9. The number of anilines is 1. The topological polar surface area (TPSA) is 94.5 Å². The van der Waals surface area contributed by atoms with Gasteiger partial charge in [0.25, 0.3) is 11.8 Å². The van der Waals surface area contributed by atoms with Crippen LogP contribution in [0.1, 0.15) is 26.4 Å². The molecule has 2 amide bonds. The minimum atomic E-state index is -0.388. The van der Waals surface area contributed by atoms with Crippen molar-refractivity contribution >= 4 is 29.2 Å². The van der Waals surface area contributed by atoms with E-state index in [1.54, 1.807) is 57.7 Å². The highest BCUT2D eigenvalue weighted by Crippen LogP contribution is 2.27. The molecule has 8 nitrogen and oxygen atoms in total. The standard InChI is InChI=1S/C21H21ClN4O4/c1-26-19(24-20(27)14-6-4-5-7-15(14)22)11-16(25-26)21(28)23-12-13-8-9-17(29-2)18(10-13)30-3/h4-11H,12H2,1-3H3,(H,23,28)(H,24,27). The van der Waals surface area contributed by atoms with E-state index in [2.05, 4.69) is 15.7 Å². The largest absolute Gasteiger partial charge is 0.493 e. The third-order valence-corrected chi connectivity index (χ3v) is 4.70. The maximum atomic E-state index is 12.5. The number of benzene rings is 2. The number of rotatable bonds is 7. The van der Waals surface area contributed by atoms with Gasteiger partial charge >= 0.3 is 0 Å². The Morgan fingerprint density at radius 3 is 2.47 bits per heavy atom. The maximum absolute atomic E-state index is 12.5. The number of aromatic nitrogens is 2. The van der Waals surface area contributed by atoms with Crippen molar-refractivity contribution in [2.45, 2.75) is 6.54 Å². The molecular formula is C21H21ClN4O4. The summed E-state index contributed by atoms with van der Waals surface area (Å²) in [6, 6.07) is 13.6. The average molecular weight is 429 g/mol. The van der Waals surface area contributed by atoms with Crippen LogP contribution in [0.5, 0.6) is 11.5 Å². The van der Waals surface area contributed by atoms with Crippen molar-refractivity contribution in [3.05, 3.63) is 70.4 Å². The van der Waals surface area contributed by atoms with Crippen LogP contribution in [-0.4, -0.2) is 35.8 Å². The predicted molar refractivity (Wildman–Crippen MR) is 113 cm³/mol. The summed E-state index contributed by atoms with van der Waals surface area (Å²) in [5.74, 6) is 0.790. The fourth-order valence-corrected chi connectivity index (χ4v) is 3.01. The Hall–Kier alpha value is -3.52. The normalized spacial score (nSPS) is 10.4. The van der Waals surface area contributed by atoms with Crippen molar-refractivity contribution in [1.29, 1.82) is 0 Å². The molecule has 0 aliphatic heterocycles. The van der Waals surface area contributed by atoms with Gasteiger partial charge in [0.05, 0.1) is 24.8 Å². The van der Waals surface area contributed by atoms with E-state index in [1.165, 1.54) is 10.7 Å². The van der Waals surface area contributed by atoms with Gasteiger partial charge in [0.1, 0.15) is 5.82 Å². The van der Waals surface area contributed by atoms with Crippen molar-refractivity contribution < 1.29 is 19.1 Å². The molecule has 156 valence electrons. The first kappa shape index (κ1) is 21.2. The molecule has 0 aliphatic rings. The summed E-state index contributed by atoms with van der Waals surface area (Å²) in [6.45, 7) is 0.275. The van der Waals surface area contributed by atoms with Crippen LogP contribution in [0.4, 0.5) is 5.82 Å². The molecule has 0 bridgehead atoms. The van der Waals surface area contributed by atoms with Crippen molar-refractivity contribution in [3.63, 3.8) is 0 Å². The van der Waals surface area contributed by atoms with E-state index in [9.17, 15) is 9.59 Å². The van der Waals surface area contributed by atoms with Crippen LogP contribution in [0, 0.1) is 0 Å². The van der Waals surface area contributed by atoms with Gasteiger partial charge in [-0.3, -0.25) is 14.3 Å². The number of carbonyl (C=O) groups excluding carboxylic acids is 2. The smallest absolute Gasteiger partial charge is 0.272 e. The summed E-state index contributed by atoms with van der Waals surface area (Å²) in [4.78, 5) is 24.9. The lowest BCUT2D eigenvalue weighted by Gasteiger charge is -2.10. The second kappa shape index (κ2) is 9.32. The molecule has 2 aromatic carbocycles. The van der Waals surface area contributed by atoms with Gasteiger partial charge in [-0.05, 0) is 29.8 Å². The van der Waals surface area contributed by atoms with Gasteiger partial charge in [0, 0.05) is 19.7 Å². The van der Waals surface area contributed by atoms with E-state index in [1.807, 2.05) is 6.07 Å². The average Bonchev–Trinajstić information content (AvgIpc) is 3.12. The number of halogens is 1. The van der Waals surface area contributed by atoms with Crippen LogP contribution >= 0.6 is 11.6 Å². The lowest BCUT2D eigenvalue weighted by molar-refractivity contribution is 0.0944. The highest BCUT2D eigenvalue weighted by molar-refractivity contribution is 6.34. The van der Waals surface area contributed by atoms with E-state index in [0.29, 0.717) is 27.9 Å². The number of carbonyl (C=O) groups is 2. The van der Waals surface area contributed by atoms with Crippen LogP contribution < -0.4 is 20.1 Å². The third-order valence-electron chi connectivity index (χ3n) is 4.37. The molecule has 3 rings (SSSR count). The molecule has 3 aromatic rings. The van der Waals surface area contributed by atoms with E-state index < -0.39 is 0 Å². The second-order valence-electron chi connectivity index (χ2n) is 6.34. The van der Waals surface area contributed by atoms with E-state index in [-0.39, 0.29) is 24.1 Å². The van der Waals surface area contributed by atoms with Gasteiger partial charge in [-0.1, -0.05) is 29.8 Å². The van der Waals surface area contributed by atoms with Gasteiger partial charge in [-0.25, -0.2) is 0 Å². The summed E-state index contributed by atoms with van der Waals surface area (Å²) in [5.41, 5.74) is 1.34. The molecule has 30 heavy (non-hydrogen) atoms. The van der Waals surface area contributed by atoms with Crippen LogP contribution in [-0.2, 0) is 13.6 Å². The zero-order chi connectivity index (χ0) is 21.7. The Balaban J connectivity index is 1.66. The fourth-order valence-electron chi connectivity index (χ4n) is 2.79. The molecule has 0 saturated heterocycles. The van der Waals surface area contributed by atoms with E-state index in [4.69, 9.17) is 21.1 Å². The molecule has 0 saturated carbocycles. The molecular weight excluding hydrogens is 408 g/mol. The first-order chi connectivity index (χ1) is 14.4. The molecule has 1 aromatic heterocycles. The van der Waals surface area contributed by atoms with Gasteiger partial charge < -0.3 is 20.1 Å². The monoisotopic (exact) mass is 428 g/mol. The Morgan fingerprint density at radius 1 is 1.03 bits per heavy atom. The number of hydrogen-bond donors (Lipinski definition) is 2. The summed E-state index contributed by atoms with van der Waals surface area (Å²) in [5, 5.41) is 10.0. The Morgan fingerprint density at radius 2 is 1.77 bits per heavy atom. The highest BCUT2D eigenvalue weighted by Gasteiger charge is 2.16. The molecule has 0 atom stereocenters. The Labute approximate surface area is 178 Å². The number of amides is 2. The molecule has 0 unspecified atom stereocenters.